The Morgan fingerprint density at radius 2 is 1.72 bits per heavy atom. The number of nitro groups is 2. The van der Waals surface area contributed by atoms with Gasteiger partial charge in [0, 0.05) is 17.7 Å². The van der Waals surface area contributed by atoms with Crippen molar-refractivity contribution in [1.82, 2.24) is 0 Å². The van der Waals surface area contributed by atoms with Gasteiger partial charge < -0.3 is 9.52 Å². The van der Waals surface area contributed by atoms with E-state index in [1.54, 1.807) is 55.5 Å². The number of nitrogens with one attached hydrogen (secondary N) is 1. The van der Waals surface area contributed by atoms with Crippen molar-refractivity contribution in [3.63, 3.8) is 0 Å². The van der Waals surface area contributed by atoms with Gasteiger partial charge in [0.25, 0.3) is 5.69 Å². The molecule has 4 rings (SSSR count). The average molecular weight is 488 g/mol. The van der Waals surface area contributed by atoms with Gasteiger partial charge in [-0.1, -0.05) is 42.5 Å². The molecule has 0 spiro atoms. The number of hydrazone groups is 1. The van der Waals surface area contributed by atoms with Crippen molar-refractivity contribution in [2.45, 2.75) is 19.3 Å². The number of rotatable bonds is 8. The van der Waals surface area contributed by atoms with Gasteiger partial charge in [0.1, 0.15) is 17.0 Å². The Morgan fingerprint density at radius 3 is 2.42 bits per heavy atom. The van der Waals surface area contributed by atoms with Gasteiger partial charge in [-0.25, -0.2) is 4.79 Å². The third-order valence-corrected chi connectivity index (χ3v) is 5.63. The van der Waals surface area contributed by atoms with Gasteiger partial charge in [-0.05, 0) is 37.1 Å². The lowest BCUT2D eigenvalue weighted by Crippen LogP contribution is -2.17. The molecule has 11 nitrogen and oxygen atoms in total. The van der Waals surface area contributed by atoms with Crippen molar-refractivity contribution in [2.24, 2.45) is 5.10 Å². The number of benzene rings is 3. The van der Waals surface area contributed by atoms with Crippen molar-refractivity contribution < 1.29 is 19.4 Å². The predicted molar refractivity (Wildman–Crippen MR) is 134 cm³/mol. The van der Waals surface area contributed by atoms with Crippen LogP contribution >= 0.6 is 0 Å². The van der Waals surface area contributed by atoms with Crippen LogP contribution in [0.3, 0.4) is 0 Å². The highest BCUT2D eigenvalue weighted by Gasteiger charge is 2.26. The van der Waals surface area contributed by atoms with Crippen LogP contribution in [0.4, 0.5) is 17.1 Å². The minimum atomic E-state index is -0.745. The van der Waals surface area contributed by atoms with E-state index in [2.05, 4.69) is 10.5 Å². The number of nitro benzene ring substituents is 2. The number of hydrogen-bond acceptors (Lipinski definition) is 9. The Labute approximate surface area is 203 Å². The molecule has 0 fully saturated rings. The number of hydrogen-bond donors (Lipinski definition) is 2. The Morgan fingerprint density at radius 1 is 1.03 bits per heavy atom. The highest BCUT2D eigenvalue weighted by atomic mass is 16.6. The van der Waals surface area contributed by atoms with Crippen LogP contribution in [-0.4, -0.2) is 20.7 Å². The third kappa shape index (κ3) is 4.89. The molecule has 0 saturated carbocycles. The van der Waals surface area contributed by atoms with E-state index in [-0.39, 0.29) is 29.0 Å². The second kappa shape index (κ2) is 10.1. The fourth-order valence-corrected chi connectivity index (χ4v) is 3.90. The molecule has 0 amide bonds. The summed E-state index contributed by atoms with van der Waals surface area (Å²) in [4.78, 5) is 33.8. The Balaban J connectivity index is 1.71. The predicted octanol–water partition coefficient (Wildman–Crippen LogP) is 5.33. The molecule has 11 heteroatoms. The topological polar surface area (TPSA) is 161 Å². The molecule has 0 saturated heterocycles. The first-order valence-corrected chi connectivity index (χ1v) is 10.8. The van der Waals surface area contributed by atoms with Crippen molar-refractivity contribution >= 4 is 33.7 Å². The van der Waals surface area contributed by atoms with E-state index in [0.717, 1.165) is 17.7 Å². The number of nitrogens with zero attached hydrogens (tertiary/aromatic N) is 3. The molecule has 3 aromatic carbocycles. The number of non-ortho nitro benzene ring substituents is 1. The van der Waals surface area contributed by atoms with E-state index in [1.165, 1.54) is 6.07 Å². The van der Waals surface area contributed by atoms with Crippen LogP contribution in [0.25, 0.3) is 11.0 Å². The molecule has 0 unspecified atom stereocenters. The highest BCUT2D eigenvalue weighted by molar-refractivity contribution is 5.87. The van der Waals surface area contributed by atoms with Crippen molar-refractivity contribution in [3.05, 3.63) is 115 Å². The standard InChI is InChI=1S/C25H20N4O7/c1-15(26-27-20-12-11-17(28(32)33)14-21(20)29(34)35)13-19(16-7-3-2-4-8-16)23-24(30)18-9-5-6-10-22(18)36-25(23)31/h2-12,14,19,27,30H,13H2,1H3/b26-15+/t19-/m1/s1. The summed E-state index contributed by atoms with van der Waals surface area (Å²) in [7, 11) is 0. The molecule has 182 valence electrons. The molecule has 0 bridgehead atoms. The van der Waals surface area contributed by atoms with E-state index < -0.39 is 32.8 Å². The monoisotopic (exact) mass is 488 g/mol. The van der Waals surface area contributed by atoms with Crippen LogP contribution in [0.2, 0.25) is 0 Å². The smallest absolute Gasteiger partial charge is 0.343 e. The Bertz CT molecular complexity index is 1550. The summed E-state index contributed by atoms with van der Waals surface area (Å²) in [5.41, 5.74) is 2.44. The van der Waals surface area contributed by atoms with Gasteiger partial charge in [0.15, 0.2) is 0 Å². The van der Waals surface area contributed by atoms with Crippen LogP contribution in [-0.2, 0) is 0 Å². The quantitative estimate of drug-likeness (QED) is 0.146. The molecule has 1 heterocycles. The lowest BCUT2D eigenvalue weighted by molar-refractivity contribution is -0.393. The molecular formula is C25H20N4O7. The second-order valence-corrected chi connectivity index (χ2v) is 7.99. The molecule has 4 aromatic rings. The zero-order chi connectivity index (χ0) is 25.8. The summed E-state index contributed by atoms with van der Waals surface area (Å²) < 4.78 is 5.46. The van der Waals surface area contributed by atoms with E-state index in [4.69, 9.17) is 4.42 Å². The zero-order valence-corrected chi connectivity index (χ0v) is 19.0. The van der Waals surface area contributed by atoms with Crippen molar-refractivity contribution in [3.8, 4) is 5.75 Å². The summed E-state index contributed by atoms with van der Waals surface area (Å²) in [5, 5.41) is 38.0. The molecule has 1 atom stereocenters. The van der Waals surface area contributed by atoms with Gasteiger partial charge in [-0.3, -0.25) is 25.7 Å². The minimum Gasteiger partial charge on any atom is -0.507 e. The first-order chi connectivity index (χ1) is 17.3. The third-order valence-electron chi connectivity index (χ3n) is 5.63. The Hall–Kier alpha value is -5.06. The van der Waals surface area contributed by atoms with Gasteiger partial charge in [-0.15, -0.1) is 0 Å². The summed E-state index contributed by atoms with van der Waals surface area (Å²) >= 11 is 0. The normalized spacial score (nSPS) is 12.3. The van der Waals surface area contributed by atoms with E-state index in [0.29, 0.717) is 11.1 Å². The molecule has 0 aliphatic carbocycles. The molecular weight excluding hydrogens is 468 g/mol. The maximum Gasteiger partial charge on any atom is 0.343 e. The summed E-state index contributed by atoms with van der Waals surface area (Å²) in [6.45, 7) is 1.65. The van der Waals surface area contributed by atoms with Gasteiger partial charge in [0.2, 0.25) is 0 Å². The van der Waals surface area contributed by atoms with Crippen LogP contribution < -0.4 is 11.1 Å². The summed E-state index contributed by atoms with van der Waals surface area (Å²) in [6, 6.07) is 18.9. The SMILES string of the molecule is C/C(C[C@H](c1ccccc1)c1c(O)c2ccccc2oc1=O)=N\Nc1ccc([N+](=O)[O-])cc1[N+](=O)[O-]. The number of anilines is 1. The molecule has 2 N–H and O–H groups in total. The van der Waals surface area contributed by atoms with Crippen molar-refractivity contribution in [1.29, 1.82) is 0 Å². The van der Waals surface area contributed by atoms with Gasteiger partial charge in [-0.2, -0.15) is 5.10 Å². The molecule has 0 aliphatic rings. The first-order valence-electron chi connectivity index (χ1n) is 10.8. The summed E-state index contributed by atoms with van der Waals surface area (Å²) in [6.07, 6.45) is 0.161. The maximum absolute atomic E-state index is 12.9. The largest absolute Gasteiger partial charge is 0.507 e. The van der Waals surface area contributed by atoms with Gasteiger partial charge >= 0.3 is 11.3 Å². The van der Waals surface area contributed by atoms with Crippen LogP contribution in [0.15, 0.2) is 87.1 Å². The number of aromatic hydroxyl groups is 1. The average Bonchev–Trinajstić information content (AvgIpc) is 2.87. The lowest BCUT2D eigenvalue weighted by atomic mass is 9.87. The molecule has 0 radical (unpaired) electrons. The van der Waals surface area contributed by atoms with Crippen LogP contribution in [0, 0.1) is 20.2 Å². The fraction of sp³-hybridized carbons (Fsp3) is 0.120. The molecule has 36 heavy (non-hydrogen) atoms. The number of para-hydroxylation sites is 1. The maximum atomic E-state index is 12.9. The highest BCUT2D eigenvalue weighted by Crippen LogP contribution is 2.36. The zero-order valence-electron chi connectivity index (χ0n) is 19.0. The minimum absolute atomic E-state index is 0.0331. The summed E-state index contributed by atoms with van der Waals surface area (Å²) in [5.74, 6) is -0.827. The van der Waals surface area contributed by atoms with E-state index in [1.807, 2.05) is 6.07 Å². The van der Waals surface area contributed by atoms with Crippen LogP contribution in [0.1, 0.15) is 30.4 Å². The fourth-order valence-electron chi connectivity index (χ4n) is 3.90. The van der Waals surface area contributed by atoms with E-state index in [9.17, 15) is 30.1 Å². The second-order valence-electron chi connectivity index (χ2n) is 7.99. The lowest BCUT2D eigenvalue weighted by Gasteiger charge is -2.18. The van der Waals surface area contributed by atoms with Crippen LogP contribution in [0.5, 0.6) is 5.75 Å². The molecule has 1 aromatic heterocycles. The van der Waals surface area contributed by atoms with Crippen molar-refractivity contribution in [2.75, 3.05) is 5.43 Å². The van der Waals surface area contributed by atoms with Gasteiger partial charge in [0.05, 0.1) is 26.9 Å². The molecule has 0 aliphatic heterocycles. The Kier molecular flexibility index (Phi) is 6.72. The first kappa shape index (κ1) is 24.1. The van der Waals surface area contributed by atoms with E-state index >= 15 is 0 Å². The number of fused-ring (bicyclic) bond motifs is 1.